The Balaban J connectivity index is 1.40. The van der Waals surface area contributed by atoms with Gasteiger partial charge in [0, 0.05) is 0 Å². The van der Waals surface area contributed by atoms with Crippen LogP contribution in [0.25, 0.3) is 5.52 Å². The first-order chi connectivity index (χ1) is 21.4. The van der Waals surface area contributed by atoms with Gasteiger partial charge in [-0.05, 0) is 51.0 Å². The Morgan fingerprint density at radius 1 is 1.18 bits per heavy atom. The van der Waals surface area contributed by atoms with E-state index in [0.29, 0.717) is 11.2 Å². The molecule has 2 aliphatic rings. The zero-order valence-electron chi connectivity index (χ0n) is 25.9. The van der Waals surface area contributed by atoms with Crippen LogP contribution >= 0.6 is 7.75 Å². The average Bonchev–Trinajstić information content (AvgIpc) is 3.68. The van der Waals surface area contributed by atoms with E-state index in [1.807, 2.05) is 13.8 Å². The minimum atomic E-state index is -4.24. The number of aromatic nitrogens is 3. The molecule has 2 aromatic heterocycles. The van der Waals surface area contributed by atoms with Crippen molar-refractivity contribution in [2.24, 2.45) is 5.92 Å². The average molecular weight is 643 g/mol. The van der Waals surface area contributed by atoms with E-state index in [1.54, 1.807) is 56.3 Å². The second kappa shape index (κ2) is 13.0. The first-order valence-corrected chi connectivity index (χ1v) is 16.5. The van der Waals surface area contributed by atoms with Crippen LogP contribution < -0.4 is 15.3 Å². The van der Waals surface area contributed by atoms with E-state index in [9.17, 15) is 14.6 Å². The van der Waals surface area contributed by atoms with Crippen LogP contribution in [0, 0.1) is 17.2 Å². The van der Waals surface area contributed by atoms with Crippen LogP contribution in [0.4, 0.5) is 5.82 Å². The molecule has 0 aliphatic carbocycles. The number of nitrogens with zero attached hydrogens (tertiary/aromatic N) is 4. The lowest BCUT2D eigenvalue weighted by Gasteiger charge is -2.29. The Hall–Kier alpha value is -3.57. The fraction of sp³-hybridized carbons (Fsp3) is 0.533. The summed E-state index contributed by atoms with van der Waals surface area (Å²) in [6.45, 7) is 8.91. The number of fused-ring (bicyclic) bond motifs is 2. The van der Waals surface area contributed by atoms with Crippen molar-refractivity contribution in [2.75, 3.05) is 18.9 Å². The third-order valence-corrected chi connectivity index (χ3v) is 9.60. The van der Waals surface area contributed by atoms with Gasteiger partial charge in [0.25, 0.3) is 0 Å². The van der Waals surface area contributed by atoms with Gasteiger partial charge >= 0.3 is 13.7 Å². The topological polar surface area (TPSA) is 182 Å². The number of hydrogen-bond donors (Lipinski definition) is 2. The van der Waals surface area contributed by atoms with Crippen molar-refractivity contribution in [3.63, 3.8) is 0 Å². The first-order valence-electron chi connectivity index (χ1n) is 14.9. The summed E-state index contributed by atoms with van der Waals surface area (Å²) in [5.41, 5.74) is 5.17. The number of carbonyl (C=O) groups excluding carboxylic acids is 1. The van der Waals surface area contributed by atoms with Crippen molar-refractivity contribution in [1.82, 2.24) is 19.7 Å². The number of nitrogens with one attached hydrogen (secondary N) is 1. The number of para-hydroxylation sites is 1. The maximum absolute atomic E-state index is 14.2. The minimum absolute atomic E-state index is 0.219. The second-order valence-corrected chi connectivity index (χ2v) is 13.2. The lowest BCUT2D eigenvalue weighted by molar-refractivity contribution is -0.204. The molecule has 2 aliphatic heterocycles. The molecule has 45 heavy (non-hydrogen) atoms. The highest BCUT2D eigenvalue weighted by Crippen LogP contribution is 2.51. The van der Waals surface area contributed by atoms with Gasteiger partial charge in [-0.15, -0.1) is 0 Å². The predicted octanol–water partition coefficient (Wildman–Crippen LogP) is 4.11. The van der Waals surface area contributed by atoms with Crippen LogP contribution in [0.5, 0.6) is 5.75 Å². The largest absolute Gasteiger partial charge is 0.464 e. The highest BCUT2D eigenvalue weighted by molar-refractivity contribution is 7.52. The molecule has 3 N–H and O–H groups in total. The SMILES string of the molecule is CCC(CC)COC(=O)[C@H](C)NP(=O)(OCC1O[C@@](C#N)(c2ccc3c(N)ncnn23)[C@@H]2OC(C)(C)O[C@H]12)Oc1ccccc1. The van der Waals surface area contributed by atoms with Crippen molar-refractivity contribution in [3.05, 3.63) is 54.5 Å². The molecule has 0 bridgehead atoms. The molecule has 0 radical (unpaired) electrons. The van der Waals surface area contributed by atoms with Crippen LogP contribution in [0.3, 0.4) is 0 Å². The predicted molar refractivity (Wildman–Crippen MR) is 162 cm³/mol. The normalized spacial score (nSPS) is 25.8. The smallest absolute Gasteiger partial charge is 0.459 e. The van der Waals surface area contributed by atoms with Crippen LogP contribution in [-0.2, 0) is 38.4 Å². The molecule has 4 heterocycles. The number of hydrogen-bond acceptors (Lipinski definition) is 12. The van der Waals surface area contributed by atoms with Gasteiger partial charge in [-0.1, -0.05) is 44.9 Å². The number of carbonyl (C=O) groups is 1. The zero-order chi connectivity index (χ0) is 32.4. The van der Waals surface area contributed by atoms with Crippen LogP contribution in [0.1, 0.15) is 53.2 Å². The fourth-order valence-electron chi connectivity index (χ4n) is 5.49. The molecule has 14 nitrogen and oxygen atoms in total. The summed E-state index contributed by atoms with van der Waals surface area (Å²) in [5, 5.41) is 17.6. The number of nitrogen functional groups attached to an aromatic ring is 1. The number of benzene rings is 1. The number of nitriles is 1. The lowest BCUT2D eigenvalue weighted by atomic mass is 9.92. The van der Waals surface area contributed by atoms with E-state index < -0.39 is 49.5 Å². The Morgan fingerprint density at radius 2 is 1.91 bits per heavy atom. The molecule has 3 aromatic rings. The summed E-state index contributed by atoms with van der Waals surface area (Å²) < 4.78 is 51.7. The summed E-state index contributed by atoms with van der Waals surface area (Å²) in [7, 11) is -4.24. The number of esters is 1. The Bertz CT molecular complexity index is 1590. The number of nitrogens with two attached hydrogens (primary N) is 1. The summed E-state index contributed by atoms with van der Waals surface area (Å²) in [6, 6.07) is 13.0. The number of anilines is 1. The third-order valence-electron chi connectivity index (χ3n) is 7.96. The van der Waals surface area contributed by atoms with Gasteiger partial charge in [-0.2, -0.15) is 15.4 Å². The molecule has 0 saturated carbocycles. The molecule has 1 aromatic carbocycles. The first kappa shape index (κ1) is 32.8. The van der Waals surface area contributed by atoms with Gasteiger partial charge in [-0.25, -0.2) is 14.1 Å². The Labute approximate surface area is 261 Å². The fourth-order valence-corrected chi connectivity index (χ4v) is 6.99. The molecule has 0 amide bonds. The van der Waals surface area contributed by atoms with E-state index >= 15 is 0 Å². The summed E-state index contributed by atoms with van der Waals surface area (Å²) in [4.78, 5) is 16.9. The standard InChI is InChI=1S/C30H39N6O8P/c1-6-20(7-2)15-39-28(37)19(3)35-45(38,44-21-11-9-8-10-12-21)40-16-23-25-26(43-29(4,5)42-25)30(17-31,41-23)24-14-13-22-27(32)33-18-34-36(22)24/h8-14,18-20,23,25-26H,6-7,15-16H2,1-5H3,(H,35,38)(H2,32,33,34)/t19-,23?,25+,26+,30-,45?/m0/s1. The van der Waals surface area contributed by atoms with Crippen LogP contribution in [0.2, 0.25) is 0 Å². The zero-order valence-corrected chi connectivity index (χ0v) is 26.8. The van der Waals surface area contributed by atoms with Crippen molar-refractivity contribution >= 4 is 25.1 Å². The lowest BCUT2D eigenvalue weighted by Crippen LogP contribution is -2.40. The molecule has 242 valence electrons. The van der Waals surface area contributed by atoms with Gasteiger partial charge in [0.1, 0.15) is 48.0 Å². The monoisotopic (exact) mass is 642 g/mol. The van der Waals surface area contributed by atoms with Gasteiger partial charge in [0.05, 0.1) is 18.9 Å². The van der Waals surface area contributed by atoms with E-state index in [1.165, 1.54) is 17.8 Å². The maximum atomic E-state index is 14.2. The third kappa shape index (κ3) is 6.70. The molecule has 6 atom stereocenters. The molecule has 0 spiro atoms. The quantitative estimate of drug-likeness (QED) is 0.201. The van der Waals surface area contributed by atoms with Crippen molar-refractivity contribution < 1.29 is 37.4 Å². The molecule has 2 saturated heterocycles. The van der Waals surface area contributed by atoms with Crippen molar-refractivity contribution in [1.29, 1.82) is 5.26 Å². The van der Waals surface area contributed by atoms with Gasteiger partial charge in [0.15, 0.2) is 11.6 Å². The minimum Gasteiger partial charge on any atom is -0.464 e. The highest BCUT2D eigenvalue weighted by atomic mass is 31.2. The molecule has 15 heteroatoms. The molecular formula is C30H39N6O8P. The second-order valence-electron chi connectivity index (χ2n) is 11.5. The van der Waals surface area contributed by atoms with E-state index in [0.717, 1.165) is 12.8 Å². The van der Waals surface area contributed by atoms with Gasteiger partial charge in [-0.3, -0.25) is 9.32 Å². The summed E-state index contributed by atoms with van der Waals surface area (Å²) in [6.07, 6.45) is 0.325. The summed E-state index contributed by atoms with van der Waals surface area (Å²) in [5.74, 6) is -0.980. The van der Waals surface area contributed by atoms with E-state index in [4.69, 9.17) is 33.7 Å². The van der Waals surface area contributed by atoms with E-state index in [2.05, 4.69) is 21.2 Å². The molecule has 2 unspecified atom stereocenters. The number of rotatable bonds is 13. The Morgan fingerprint density at radius 3 is 2.60 bits per heavy atom. The van der Waals surface area contributed by atoms with Crippen LogP contribution in [0.15, 0.2) is 48.8 Å². The Kier molecular flexibility index (Phi) is 9.51. The molecular weight excluding hydrogens is 603 g/mol. The van der Waals surface area contributed by atoms with E-state index in [-0.39, 0.29) is 30.7 Å². The highest BCUT2D eigenvalue weighted by Gasteiger charge is 2.65. The van der Waals surface area contributed by atoms with Crippen molar-refractivity contribution in [3.8, 4) is 11.8 Å². The maximum Gasteiger partial charge on any atom is 0.459 e. The summed E-state index contributed by atoms with van der Waals surface area (Å²) >= 11 is 0. The number of ether oxygens (including phenoxy) is 4. The van der Waals surface area contributed by atoms with Crippen molar-refractivity contribution in [2.45, 2.75) is 83.2 Å². The van der Waals surface area contributed by atoms with Crippen LogP contribution in [-0.4, -0.2) is 63.9 Å². The van der Waals surface area contributed by atoms with Gasteiger partial charge < -0.3 is 29.2 Å². The molecule has 2 fully saturated rings. The molecule has 5 rings (SSSR count). The van der Waals surface area contributed by atoms with Gasteiger partial charge in [0.2, 0.25) is 5.60 Å².